The summed E-state index contributed by atoms with van der Waals surface area (Å²) in [4.78, 5) is 6.87. The van der Waals surface area contributed by atoms with Crippen molar-refractivity contribution in [2.24, 2.45) is 0 Å². The molecule has 2 heterocycles. The van der Waals surface area contributed by atoms with Crippen molar-refractivity contribution in [3.05, 3.63) is 16.1 Å². The van der Waals surface area contributed by atoms with Crippen LogP contribution in [0.4, 0.5) is 0 Å². The maximum Gasteiger partial charge on any atom is 0.123 e. The Morgan fingerprint density at radius 3 is 2.89 bits per heavy atom. The molecule has 0 amide bonds. The van der Waals surface area contributed by atoms with E-state index in [-0.39, 0.29) is 17.6 Å². The molecular weight excluding hydrogens is 258 g/mol. The fraction of sp³-hybridized carbons (Fsp3) is 0.714. The Labute approximate surface area is 119 Å². The Morgan fingerprint density at radius 1 is 1.58 bits per heavy atom. The largest absolute Gasteiger partial charge is 0.368 e. The van der Waals surface area contributed by atoms with Crippen LogP contribution in [0.1, 0.15) is 44.5 Å². The molecular formula is C14H21N3OS. The van der Waals surface area contributed by atoms with E-state index in [2.05, 4.69) is 37.1 Å². The van der Waals surface area contributed by atoms with Crippen LogP contribution in [0.5, 0.6) is 0 Å². The van der Waals surface area contributed by atoms with Gasteiger partial charge in [-0.2, -0.15) is 5.26 Å². The number of aromatic nitrogens is 1. The van der Waals surface area contributed by atoms with Crippen LogP contribution < -0.4 is 0 Å². The second kappa shape index (κ2) is 5.58. The van der Waals surface area contributed by atoms with Gasteiger partial charge in [0.2, 0.25) is 0 Å². The molecule has 4 nitrogen and oxygen atoms in total. The van der Waals surface area contributed by atoms with Gasteiger partial charge in [0.25, 0.3) is 0 Å². The predicted octanol–water partition coefficient (Wildman–Crippen LogP) is 2.73. The smallest absolute Gasteiger partial charge is 0.123 e. The van der Waals surface area contributed by atoms with Gasteiger partial charge in [-0.05, 0) is 6.92 Å². The Balaban J connectivity index is 2.10. The Morgan fingerprint density at radius 2 is 2.32 bits per heavy atom. The van der Waals surface area contributed by atoms with E-state index in [0.29, 0.717) is 6.61 Å². The molecule has 0 bridgehead atoms. The van der Waals surface area contributed by atoms with Crippen LogP contribution >= 0.6 is 11.3 Å². The Hall–Kier alpha value is -0.960. The van der Waals surface area contributed by atoms with E-state index >= 15 is 0 Å². The summed E-state index contributed by atoms with van der Waals surface area (Å²) in [6.07, 6.45) is 0.00523. The van der Waals surface area contributed by atoms with Gasteiger partial charge in [0.1, 0.15) is 11.1 Å². The number of morpholine rings is 1. The molecule has 0 spiro atoms. The highest BCUT2D eigenvalue weighted by Crippen LogP contribution is 2.30. The molecule has 0 saturated carbocycles. The lowest BCUT2D eigenvalue weighted by molar-refractivity contribution is -0.0360. The normalized spacial score (nSPS) is 23.0. The fourth-order valence-electron chi connectivity index (χ4n) is 2.03. The molecule has 1 aliphatic rings. The van der Waals surface area contributed by atoms with Gasteiger partial charge < -0.3 is 4.74 Å². The molecule has 1 aromatic rings. The van der Waals surface area contributed by atoms with Crippen LogP contribution in [0, 0.1) is 11.3 Å². The zero-order chi connectivity index (χ0) is 14.0. The second-order valence-electron chi connectivity index (χ2n) is 5.98. The van der Waals surface area contributed by atoms with Crippen LogP contribution in [0.3, 0.4) is 0 Å². The van der Waals surface area contributed by atoms with Crippen LogP contribution in [-0.2, 0) is 10.2 Å². The first-order valence-corrected chi connectivity index (χ1v) is 7.51. The SMILES string of the molecule is C[C@@H](C#N)N1CCO[C@@H](c2nc(C(C)(C)C)cs2)C1. The number of nitriles is 1. The molecule has 2 rings (SSSR count). The van der Waals surface area contributed by atoms with Crippen LogP contribution in [0.15, 0.2) is 5.38 Å². The molecule has 2 atom stereocenters. The average molecular weight is 279 g/mol. The van der Waals surface area contributed by atoms with Gasteiger partial charge in [0, 0.05) is 23.9 Å². The number of hydrogen-bond donors (Lipinski definition) is 0. The van der Waals surface area contributed by atoms with E-state index < -0.39 is 0 Å². The summed E-state index contributed by atoms with van der Waals surface area (Å²) >= 11 is 1.66. The fourth-order valence-corrected chi connectivity index (χ4v) is 3.12. The van der Waals surface area contributed by atoms with Gasteiger partial charge in [-0.15, -0.1) is 11.3 Å². The third-order valence-electron chi connectivity index (χ3n) is 3.40. The van der Waals surface area contributed by atoms with Crippen molar-refractivity contribution in [2.45, 2.75) is 45.3 Å². The maximum atomic E-state index is 9.01. The van der Waals surface area contributed by atoms with E-state index in [0.717, 1.165) is 23.8 Å². The first-order chi connectivity index (χ1) is 8.91. The first-order valence-electron chi connectivity index (χ1n) is 6.63. The highest BCUT2D eigenvalue weighted by molar-refractivity contribution is 7.09. The zero-order valence-corrected chi connectivity index (χ0v) is 12.8. The standard InChI is InChI=1S/C14H21N3OS/c1-10(7-15)17-5-6-18-11(8-17)13-16-12(9-19-13)14(2,3)4/h9-11H,5-6,8H2,1-4H3/t10-,11+/m0/s1. The summed E-state index contributed by atoms with van der Waals surface area (Å²) < 4.78 is 5.81. The van der Waals surface area contributed by atoms with Gasteiger partial charge in [-0.25, -0.2) is 4.98 Å². The molecule has 0 radical (unpaired) electrons. The minimum Gasteiger partial charge on any atom is -0.368 e. The molecule has 104 valence electrons. The molecule has 1 saturated heterocycles. The number of ether oxygens (including phenoxy) is 1. The molecule has 5 heteroatoms. The molecule has 1 aromatic heterocycles. The van der Waals surface area contributed by atoms with Crippen LogP contribution in [-0.4, -0.2) is 35.6 Å². The summed E-state index contributed by atoms with van der Waals surface area (Å²) in [7, 11) is 0. The molecule has 0 aliphatic carbocycles. The molecule has 0 N–H and O–H groups in total. The third kappa shape index (κ3) is 3.33. The minimum atomic E-state index is -0.0616. The van der Waals surface area contributed by atoms with E-state index in [4.69, 9.17) is 15.0 Å². The lowest BCUT2D eigenvalue weighted by atomic mass is 9.93. The van der Waals surface area contributed by atoms with E-state index in [9.17, 15) is 0 Å². The zero-order valence-electron chi connectivity index (χ0n) is 12.0. The minimum absolute atomic E-state index is 0.00523. The summed E-state index contributed by atoms with van der Waals surface area (Å²) in [5.41, 5.74) is 1.19. The van der Waals surface area contributed by atoms with Crippen molar-refractivity contribution in [1.29, 1.82) is 5.26 Å². The number of nitrogens with zero attached hydrogens (tertiary/aromatic N) is 3. The highest BCUT2D eigenvalue weighted by Gasteiger charge is 2.28. The number of thiazole rings is 1. The third-order valence-corrected chi connectivity index (χ3v) is 4.34. The van der Waals surface area contributed by atoms with E-state index in [1.165, 1.54) is 0 Å². The van der Waals surface area contributed by atoms with E-state index in [1.807, 2.05) is 6.92 Å². The number of rotatable bonds is 2. The first kappa shape index (κ1) is 14.4. The molecule has 1 fully saturated rings. The lowest BCUT2D eigenvalue weighted by Gasteiger charge is -2.33. The van der Waals surface area contributed by atoms with Gasteiger partial charge in [-0.1, -0.05) is 20.8 Å². The summed E-state index contributed by atoms with van der Waals surface area (Å²) in [5.74, 6) is 0. The van der Waals surface area contributed by atoms with Gasteiger partial charge in [0.15, 0.2) is 0 Å². The van der Waals surface area contributed by atoms with Crippen molar-refractivity contribution >= 4 is 11.3 Å². The summed E-state index contributed by atoms with van der Waals surface area (Å²) in [5, 5.41) is 12.2. The Bertz CT molecular complexity index is 472. The van der Waals surface area contributed by atoms with Gasteiger partial charge in [-0.3, -0.25) is 4.90 Å². The van der Waals surface area contributed by atoms with Crippen molar-refractivity contribution in [2.75, 3.05) is 19.7 Å². The maximum absolute atomic E-state index is 9.01. The lowest BCUT2D eigenvalue weighted by Crippen LogP contribution is -2.42. The average Bonchev–Trinajstić information content (AvgIpc) is 2.87. The van der Waals surface area contributed by atoms with Crippen molar-refractivity contribution < 1.29 is 4.74 Å². The second-order valence-corrected chi connectivity index (χ2v) is 6.87. The summed E-state index contributed by atoms with van der Waals surface area (Å²) in [6.45, 7) is 10.7. The van der Waals surface area contributed by atoms with Crippen LogP contribution in [0.2, 0.25) is 0 Å². The Kier molecular flexibility index (Phi) is 4.24. The topological polar surface area (TPSA) is 49.2 Å². The summed E-state index contributed by atoms with van der Waals surface area (Å²) in [6, 6.07) is 2.23. The van der Waals surface area contributed by atoms with Crippen molar-refractivity contribution in [3.63, 3.8) is 0 Å². The van der Waals surface area contributed by atoms with Crippen molar-refractivity contribution in [1.82, 2.24) is 9.88 Å². The number of hydrogen-bond acceptors (Lipinski definition) is 5. The van der Waals surface area contributed by atoms with Crippen LogP contribution in [0.25, 0.3) is 0 Å². The monoisotopic (exact) mass is 279 g/mol. The molecule has 19 heavy (non-hydrogen) atoms. The molecule has 1 aliphatic heterocycles. The quantitative estimate of drug-likeness (QED) is 0.835. The van der Waals surface area contributed by atoms with E-state index in [1.54, 1.807) is 11.3 Å². The predicted molar refractivity (Wildman–Crippen MR) is 76.2 cm³/mol. The van der Waals surface area contributed by atoms with Gasteiger partial charge in [0.05, 0.1) is 24.4 Å². The van der Waals surface area contributed by atoms with Gasteiger partial charge >= 0.3 is 0 Å². The highest BCUT2D eigenvalue weighted by atomic mass is 32.1. The molecule has 0 aromatic carbocycles. The molecule has 0 unspecified atom stereocenters. The van der Waals surface area contributed by atoms with Crippen molar-refractivity contribution in [3.8, 4) is 6.07 Å².